The first kappa shape index (κ1) is 13.1. The predicted octanol–water partition coefficient (Wildman–Crippen LogP) is 0.0126. The summed E-state index contributed by atoms with van der Waals surface area (Å²) in [6, 6.07) is 3.62. The molecule has 0 spiro atoms. The summed E-state index contributed by atoms with van der Waals surface area (Å²) in [6.45, 7) is 0.389. The number of likely N-dealkylation sites (N-methyl/N-ethyl adjacent to an activating group) is 1. The highest BCUT2D eigenvalue weighted by Crippen LogP contribution is 2.17. The van der Waals surface area contributed by atoms with Crippen LogP contribution in [0.15, 0.2) is 22.8 Å². The van der Waals surface area contributed by atoms with E-state index >= 15 is 0 Å². The summed E-state index contributed by atoms with van der Waals surface area (Å²) in [4.78, 5) is 17.5. The second kappa shape index (κ2) is 5.53. The third kappa shape index (κ3) is 3.10. The van der Waals surface area contributed by atoms with E-state index in [1.807, 2.05) is 31.1 Å². The minimum atomic E-state index is -0.359. The average molecular weight is 264 g/mol. The second-order valence-corrected chi connectivity index (χ2v) is 4.25. The number of furan rings is 1. The highest BCUT2D eigenvalue weighted by Gasteiger charge is 2.19. The van der Waals surface area contributed by atoms with Crippen LogP contribution in [0.5, 0.6) is 0 Å². The number of nitrogens with two attached hydrogens (primary N) is 1. The number of H-pyrrole nitrogens is 1. The first-order valence-electron chi connectivity index (χ1n) is 5.74. The number of amides is 1. The van der Waals surface area contributed by atoms with Crippen LogP contribution in [0.1, 0.15) is 22.4 Å². The monoisotopic (exact) mass is 264 g/mol. The van der Waals surface area contributed by atoms with Crippen LogP contribution in [-0.4, -0.2) is 46.6 Å². The number of anilines is 1. The first-order chi connectivity index (χ1) is 9.08. The summed E-state index contributed by atoms with van der Waals surface area (Å²) in [5.41, 5.74) is 5.34. The lowest BCUT2D eigenvalue weighted by molar-refractivity contribution is 0.0929. The molecule has 1 amide bonds. The Kier molecular flexibility index (Phi) is 3.81. The molecule has 0 aliphatic carbocycles. The molecule has 19 heavy (non-hydrogen) atoms. The standard InChI is InChI=1S/C11H16N6O2/c1-17(2)7(8-4-3-5-19-8)6-13-10(18)9-14-11(12)16-15-9/h3-5,7H,6H2,1-2H3,(H,13,18)(H3,12,14,15,16). The Morgan fingerprint density at radius 2 is 2.42 bits per heavy atom. The van der Waals surface area contributed by atoms with Gasteiger partial charge < -0.3 is 15.5 Å². The number of nitrogens with zero attached hydrogens (tertiary/aromatic N) is 3. The van der Waals surface area contributed by atoms with Crippen molar-refractivity contribution in [2.75, 3.05) is 26.4 Å². The number of carbonyl (C=O) groups excluding carboxylic acids is 1. The highest BCUT2D eigenvalue weighted by molar-refractivity contribution is 5.90. The number of rotatable bonds is 5. The van der Waals surface area contributed by atoms with Crippen molar-refractivity contribution in [3.8, 4) is 0 Å². The van der Waals surface area contributed by atoms with Gasteiger partial charge in [0.2, 0.25) is 11.8 Å². The second-order valence-electron chi connectivity index (χ2n) is 4.25. The fraction of sp³-hybridized carbons (Fsp3) is 0.364. The third-order valence-electron chi connectivity index (χ3n) is 2.67. The summed E-state index contributed by atoms with van der Waals surface area (Å²) in [7, 11) is 3.82. The van der Waals surface area contributed by atoms with Gasteiger partial charge in [0.25, 0.3) is 5.91 Å². The van der Waals surface area contributed by atoms with E-state index in [-0.39, 0.29) is 23.7 Å². The lowest BCUT2D eigenvalue weighted by atomic mass is 10.2. The van der Waals surface area contributed by atoms with E-state index in [0.29, 0.717) is 6.54 Å². The van der Waals surface area contributed by atoms with E-state index in [0.717, 1.165) is 5.76 Å². The minimum absolute atomic E-state index is 0.0420. The SMILES string of the molecule is CN(C)C(CNC(=O)c1nc(N)n[nH]1)c1ccco1. The van der Waals surface area contributed by atoms with Crippen LogP contribution in [0.2, 0.25) is 0 Å². The Morgan fingerprint density at radius 3 is 2.95 bits per heavy atom. The maximum absolute atomic E-state index is 11.8. The van der Waals surface area contributed by atoms with Crippen molar-refractivity contribution in [3.63, 3.8) is 0 Å². The van der Waals surface area contributed by atoms with Crippen LogP contribution in [0.3, 0.4) is 0 Å². The molecule has 1 unspecified atom stereocenters. The Morgan fingerprint density at radius 1 is 1.63 bits per heavy atom. The molecule has 2 rings (SSSR count). The normalized spacial score (nSPS) is 12.6. The van der Waals surface area contributed by atoms with Crippen LogP contribution in [0.25, 0.3) is 0 Å². The zero-order valence-corrected chi connectivity index (χ0v) is 10.8. The Bertz CT molecular complexity index is 533. The minimum Gasteiger partial charge on any atom is -0.468 e. The highest BCUT2D eigenvalue weighted by atomic mass is 16.3. The van der Waals surface area contributed by atoms with Crippen LogP contribution >= 0.6 is 0 Å². The molecule has 2 aromatic heterocycles. The largest absolute Gasteiger partial charge is 0.468 e. The molecule has 2 aromatic rings. The summed E-state index contributed by atoms with van der Waals surface area (Å²) in [5.74, 6) is 0.555. The van der Waals surface area contributed by atoms with E-state index in [4.69, 9.17) is 10.2 Å². The fourth-order valence-corrected chi connectivity index (χ4v) is 1.67. The molecule has 1 atom stereocenters. The summed E-state index contributed by atoms with van der Waals surface area (Å²) >= 11 is 0. The Labute approximate surface area is 110 Å². The van der Waals surface area contributed by atoms with Crippen LogP contribution in [0.4, 0.5) is 5.95 Å². The van der Waals surface area contributed by atoms with Gasteiger partial charge in [0.05, 0.1) is 12.3 Å². The molecule has 8 heteroatoms. The molecule has 0 saturated heterocycles. The molecule has 4 N–H and O–H groups in total. The van der Waals surface area contributed by atoms with Gasteiger partial charge in [0.15, 0.2) is 0 Å². The zero-order chi connectivity index (χ0) is 13.8. The van der Waals surface area contributed by atoms with Crippen molar-refractivity contribution in [1.29, 1.82) is 0 Å². The van der Waals surface area contributed by atoms with Gasteiger partial charge >= 0.3 is 0 Å². The molecule has 0 fully saturated rings. The number of hydrogen-bond donors (Lipinski definition) is 3. The molecule has 0 radical (unpaired) electrons. The van der Waals surface area contributed by atoms with Crippen molar-refractivity contribution in [3.05, 3.63) is 30.0 Å². The van der Waals surface area contributed by atoms with Gasteiger partial charge in [-0.2, -0.15) is 4.98 Å². The molecule has 0 aliphatic heterocycles. The van der Waals surface area contributed by atoms with Crippen molar-refractivity contribution in [2.45, 2.75) is 6.04 Å². The maximum atomic E-state index is 11.8. The van der Waals surface area contributed by atoms with Crippen LogP contribution in [-0.2, 0) is 0 Å². The van der Waals surface area contributed by atoms with E-state index in [2.05, 4.69) is 20.5 Å². The summed E-state index contributed by atoms with van der Waals surface area (Å²) in [5, 5.41) is 8.81. The van der Waals surface area contributed by atoms with Crippen molar-refractivity contribution in [2.24, 2.45) is 0 Å². The molecule has 102 valence electrons. The molecule has 0 aliphatic rings. The van der Waals surface area contributed by atoms with E-state index < -0.39 is 0 Å². The molecule has 0 bridgehead atoms. The summed E-state index contributed by atoms with van der Waals surface area (Å²) < 4.78 is 5.35. The van der Waals surface area contributed by atoms with Crippen molar-refractivity contribution < 1.29 is 9.21 Å². The van der Waals surface area contributed by atoms with Gasteiger partial charge in [-0.05, 0) is 26.2 Å². The predicted molar refractivity (Wildman–Crippen MR) is 68.3 cm³/mol. The Balaban J connectivity index is 1.98. The summed E-state index contributed by atoms with van der Waals surface area (Å²) in [6.07, 6.45) is 1.60. The topological polar surface area (TPSA) is 113 Å². The van der Waals surface area contributed by atoms with Crippen molar-refractivity contribution >= 4 is 11.9 Å². The first-order valence-corrected chi connectivity index (χ1v) is 5.74. The van der Waals surface area contributed by atoms with E-state index in [1.165, 1.54) is 0 Å². The van der Waals surface area contributed by atoms with Gasteiger partial charge in [-0.15, -0.1) is 5.10 Å². The quantitative estimate of drug-likeness (QED) is 0.701. The van der Waals surface area contributed by atoms with Crippen molar-refractivity contribution in [1.82, 2.24) is 25.4 Å². The lowest BCUT2D eigenvalue weighted by Gasteiger charge is -2.22. The number of carbonyl (C=O) groups is 1. The number of nitrogens with one attached hydrogen (secondary N) is 2. The van der Waals surface area contributed by atoms with Crippen LogP contribution in [0, 0.1) is 0 Å². The molecule has 2 heterocycles. The average Bonchev–Trinajstić information content (AvgIpc) is 3.00. The maximum Gasteiger partial charge on any atom is 0.288 e. The van der Waals surface area contributed by atoms with Gasteiger partial charge in [0.1, 0.15) is 5.76 Å². The van der Waals surface area contributed by atoms with E-state index in [1.54, 1.807) is 6.26 Å². The van der Waals surface area contributed by atoms with Gasteiger partial charge in [0, 0.05) is 6.54 Å². The zero-order valence-electron chi connectivity index (χ0n) is 10.8. The van der Waals surface area contributed by atoms with Gasteiger partial charge in [-0.25, -0.2) is 0 Å². The molecule has 0 aromatic carbocycles. The molecule has 0 saturated carbocycles. The third-order valence-corrected chi connectivity index (χ3v) is 2.67. The Hall–Kier alpha value is -2.35. The molecular weight excluding hydrogens is 248 g/mol. The smallest absolute Gasteiger partial charge is 0.288 e. The fourth-order valence-electron chi connectivity index (χ4n) is 1.67. The van der Waals surface area contributed by atoms with Gasteiger partial charge in [-0.3, -0.25) is 14.8 Å². The number of hydrogen-bond acceptors (Lipinski definition) is 6. The molecular formula is C11H16N6O2. The van der Waals surface area contributed by atoms with Crippen LogP contribution < -0.4 is 11.1 Å². The van der Waals surface area contributed by atoms with Gasteiger partial charge in [-0.1, -0.05) is 0 Å². The lowest BCUT2D eigenvalue weighted by Crippen LogP contribution is -2.34. The van der Waals surface area contributed by atoms with E-state index in [9.17, 15) is 4.79 Å². The number of aromatic nitrogens is 3. The number of aromatic amines is 1. The number of nitrogen functional groups attached to an aromatic ring is 1. The molecule has 8 nitrogen and oxygen atoms in total.